The summed E-state index contributed by atoms with van der Waals surface area (Å²) in [5.41, 5.74) is -0.976. The Labute approximate surface area is 159 Å². The topological polar surface area (TPSA) is 92.3 Å². The third-order valence-electron chi connectivity index (χ3n) is 3.31. The average Bonchev–Trinajstić information content (AvgIpc) is 2.58. The fourth-order valence-electron chi connectivity index (χ4n) is 1.99. The first-order valence-electron chi connectivity index (χ1n) is 7.34. The van der Waals surface area contributed by atoms with E-state index >= 15 is 0 Å². The summed E-state index contributed by atoms with van der Waals surface area (Å²) < 4.78 is 90.0. The Morgan fingerprint density at radius 1 is 0.815 bits per heavy atom. The number of halogens is 4. The Hall–Kier alpha value is -1.66. The molecule has 0 saturated heterocycles. The van der Waals surface area contributed by atoms with Crippen LogP contribution in [0.5, 0.6) is 0 Å². The van der Waals surface area contributed by atoms with Crippen LogP contribution in [0.4, 0.5) is 13.2 Å². The molecule has 0 aliphatic heterocycles. The second kappa shape index (κ2) is 8.15. The molecule has 0 radical (unpaired) electrons. The van der Waals surface area contributed by atoms with Crippen LogP contribution in [0.3, 0.4) is 0 Å². The van der Waals surface area contributed by atoms with Gasteiger partial charge in [-0.05, 0) is 42.5 Å². The van der Waals surface area contributed by atoms with Crippen LogP contribution in [-0.4, -0.2) is 29.9 Å². The highest BCUT2D eigenvalue weighted by Gasteiger charge is 2.30. The minimum Gasteiger partial charge on any atom is -0.210 e. The third kappa shape index (κ3) is 5.91. The molecule has 0 spiro atoms. The van der Waals surface area contributed by atoms with Crippen LogP contribution >= 0.6 is 11.6 Å². The van der Waals surface area contributed by atoms with Gasteiger partial charge in [-0.25, -0.2) is 26.3 Å². The van der Waals surface area contributed by atoms with Gasteiger partial charge in [-0.15, -0.1) is 0 Å². The van der Waals surface area contributed by atoms with E-state index in [-0.39, 0.29) is 27.9 Å². The van der Waals surface area contributed by atoms with E-state index in [4.69, 9.17) is 11.6 Å². The van der Waals surface area contributed by atoms with Crippen molar-refractivity contribution in [3.8, 4) is 0 Å². The fraction of sp³-hybridized carbons (Fsp3) is 0.200. The summed E-state index contributed by atoms with van der Waals surface area (Å²) in [4.78, 5) is -0.450. The van der Waals surface area contributed by atoms with E-state index in [0.29, 0.717) is 12.1 Å². The van der Waals surface area contributed by atoms with Crippen LogP contribution in [-0.2, 0) is 26.2 Å². The quantitative estimate of drug-likeness (QED) is 0.645. The molecule has 0 saturated carbocycles. The van der Waals surface area contributed by atoms with Crippen molar-refractivity contribution in [1.29, 1.82) is 0 Å². The maximum atomic E-state index is 12.5. The molecule has 0 unspecified atom stereocenters. The van der Waals surface area contributed by atoms with Crippen molar-refractivity contribution in [2.45, 2.75) is 16.0 Å². The minimum absolute atomic E-state index is 0.0828. The zero-order chi connectivity index (χ0) is 20.3. The molecule has 2 aromatic rings. The normalized spacial score (nSPS) is 12.9. The minimum atomic E-state index is -4.58. The van der Waals surface area contributed by atoms with Gasteiger partial charge < -0.3 is 0 Å². The second-order valence-electron chi connectivity index (χ2n) is 5.28. The van der Waals surface area contributed by atoms with E-state index in [1.807, 2.05) is 0 Å². The first-order valence-corrected chi connectivity index (χ1v) is 10.7. The lowest BCUT2D eigenvalue weighted by atomic mass is 10.2. The molecule has 6 nitrogen and oxygen atoms in total. The smallest absolute Gasteiger partial charge is 0.210 e. The summed E-state index contributed by atoms with van der Waals surface area (Å²) in [6.45, 7) is -0.572. The molecule has 0 amide bonds. The molecule has 2 aromatic carbocycles. The van der Waals surface area contributed by atoms with Crippen LogP contribution < -0.4 is 9.44 Å². The molecule has 0 aromatic heterocycles. The lowest BCUT2D eigenvalue weighted by molar-refractivity contribution is -0.137. The Kier molecular flexibility index (Phi) is 6.53. The maximum Gasteiger partial charge on any atom is 0.416 e. The van der Waals surface area contributed by atoms with Crippen molar-refractivity contribution in [3.05, 3.63) is 59.1 Å². The monoisotopic (exact) mass is 442 g/mol. The van der Waals surface area contributed by atoms with E-state index in [1.165, 1.54) is 24.3 Å². The summed E-state index contributed by atoms with van der Waals surface area (Å²) in [6.07, 6.45) is -4.58. The predicted octanol–water partition coefficient (Wildman–Crippen LogP) is 2.62. The average molecular weight is 443 g/mol. The van der Waals surface area contributed by atoms with Crippen molar-refractivity contribution in [1.82, 2.24) is 9.44 Å². The van der Waals surface area contributed by atoms with Crippen molar-refractivity contribution in [2.75, 3.05) is 13.1 Å². The van der Waals surface area contributed by atoms with Crippen molar-refractivity contribution >= 4 is 31.6 Å². The molecule has 0 aliphatic carbocycles. The van der Waals surface area contributed by atoms with E-state index in [9.17, 15) is 30.0 Å². The highest BCUT2D eigenvalue weighted by molar-refractivity contribution is 7.89. The molecule has 0 atom stereocenters. The Morgan fingerprint density at radius 2 is 1.33 bits per heavy atom. The zero-order valence-corrected chi connectivity index (χ0v) is 15.9. The molecule has 148 valence electrons. The third-order valence-corrected chi connectivity index (χ3v) is 6.48. The van der Waals surface area contributed by atoms with Crippen LogP contribution in [0, 0.1) is 0 Å². The molecule has 27 heavy (non-hydrogen) atoms. The Bertz CT molecular complexity index is 1010. The molecule has 0 fully saturated rings. The van der Waals surface area contributed by atoms with E-state index in [0.717, 1.165) is 12.1 Å². The van der Waals surface area contributed by atoms with Gasteiger partial charge in [0.15, 0.2) is 0 Å². The standard InChI is InChI=1S/C15H14ClF3N2O4S2/c16-12-2-1-3-14(10-12)27(24,25)21-9-8-20-26(22,23)13-6-4-11(5-7-13)15(17,18)19/h1-7,10,20-21H,8-9H2. The lowest BCUT2D eigenvalue weighted by Gasteiger charge is -2.10. The van der Waals surface area contributed by atoms with E-state index in [2.05, 4.69) is 9.44 Å². The maximum absolute atomic E-state index is 12.5. The number of rotatable bonds is 7. The highest BCUT2D eigenvalue weighted by atomic mass is 35.5. The van der Waals surface area contributed by atoms with E-state index in [1.54, 1.807) is 0 Å². The molecular formula is C15H14ClF3N2O4S2. The summed E-state index contributed by atoms with van der Waals surface area (Å²) in [7, 11) is -7.97. The van der Waals surface area contributed by atoms with E-state index < -0.39 is 31.8 Å². The molecule has 0 bridgehead atoms. The number of hydrogen-bond donors (Lipinski definition) is 2. The van der Waals surface area contributed by atoms with Crippen LogP contribution in [0.2, 0.25) is 5.02 Å². The van der Waals surface area contributed by atoms with Crippen LogP contribution in [0.15, 0.2) is 58.3 Å². The second-order valence-corrected chi connectivity index (χ2v) is 9.25. The molecule has 0 heterocycles. The fourth-order valence-corrected chi connectivity index (χ4v) is 4.36. The van der Waals surface area contributed by atoms with Crippen molar-refractivity contribution in [3.63, 3.8) is 0 Å². The molecular weight excluding hydrogens is 429 g/mol. The molecule has 2 N–H and O–H groups in total. The van der Waals surface area contributed by atoms with Gasteiger partial charge in [0.1, 0.15) is 0 Å². The SMILES string of the molecule is O=S(=O)(NCCNS(=O)(=O)c1cccc(Cl)c1)c1ccc(C(F)(F)F)cc1. The number of nitrogens with one attached hydrogen (secondary N) is 2. The Morgan fingerprint density at radius 3 is 1.81 bits per heavy atom. The van der Waals surface area contributed by atoms with Crippen LogP contribution in [0.25, 0.3) is 0 Å². The van der Waals surface area contributed by atoms with Crippen molar-refractivity contribution < 1.29 is 30.0 Å². The predicted molar refractivity (Wildman–Crippen MR) is 93.3 cm³/mol. The van der Waals surface area contributed by atoms with Gasteiger partial charge in [-0.2, -0.15) is 13.2 Å². The highest BCUT2D eigenvalue weighted by Crippen LogP contribution is 2.29. The van der Waals surface area contributed by atoms with Gasteiger partial charge in [0.05, 0.1) is 15.4 Å². The van der Waals surface area contributed by atoms with Gasteiger partial charge in [-0.3, -0.25) is 0 Å². The summed E-state index contributed by atoms with van der Waals surface area (Å²) >= 11 is 5.72. The summed E-state index contributed by atoms with van der Waals surface area (Å²) in [5, 5.41) is 0.223. The van der Waals surface area contributed by atoms with Gasteiger partial charge in [0.25, 0.3) is 0 Å². The number of alkyl halides is 3. The zero-order valence-electron chi connectivity index (χ0n) is 13.5. The van der Waals surface area contributed by atoms with Gasteiger partial charge in [-0.1, -0.05) is 17.7 Å². The lowest BCUT2D eigenvalue weighted by Crippen LogP contribution is -2.34. The Balaban J connectivity index is 1.96. The molecule has 12 heteroatoms. The summed E-state index contributed by atoms with van der Waals surface area (Å²) in [6, 6.07) is 8.44. The number of benzene rings is 2. The first-order chi connectivity index (χ1) is 12.4. The van der Waals surface area contributed by atoms with Gasteiger partial charge >= 0.3 is 6.18 Å². The van der Waals surface area contributed by atoms with Crippen LogP contribution in [0.1, 0.15) is 5.56 Å². The van der Waals surface area contributed by atoms with Gasteiger partial charge in [0, 0.05) is 18.1 Å². The largest absolute Gasteiger partial charge is 0.416 e. The number of hydrogen-bond acceptors (Lipinski definition) is 4. The van der Waals surface area contributed by atoms with Crippen molar-refractivity contribution in [2.24, 2.45) is 0 Å². The van der Waals surface area contributed by atoms with Gasteiger partial charge in [0.2, 0.25) is 20.0 Å². The summed E-state index contributed by atoms with van der Waals surface area (Å²) in [5.74, 6) is 0. The molecule has 2 rings (SSSR count). The first kappa shape index (κ1) is 21.6. The number of sulfonamides is 2. The molecule has 0 aliphatic rings.